The summed E-state index contributed by atoms with van der Waals surface area (Å²) in [7, 11) is 0. The second-order valence-electron chi connectivity index (χ2n) is 2.65. The molecule has 4 nitrogen and oxygen atoms in total. The summed E-state index contributed by atoms with van der Waals surface area (Å²) in [6.07, 6.45) is -2.23. The highest BCUT2D eigenvalue weighted by Gasteiger charge is 2.35. The van der Waals surface area contributed by atoms with E-state index in [1.54, 1.807) is 0 Å². The fraction of sp³-hybridized carbons (Fsp3) is 0.857. The number of alkyl halides is 1. The predicted molar refractivity (Wildman–Crippen MR) is 39.2 cm³/mol. The molecular weight excluding hydrogens is 165 g/mol. The number of carbonyl (C=O) groups is 1. The first kappa shape index (κ1) is 9.41. The first-order chi connectivity index (χ1) is 5.79. The second kappa shape index (κ2) is 4.37. The smallest absolute Gasteiger partial charge is 0.293 e. The molecule has 0 saturated carbocycles. The quantitative estimate of drug-likeness (QED) is 0.596. The Balaban J connectivity index is 2.52. The molecule has 3 unspecified atom stereocenters. The zero-order valence-electron chi connectivity index (χ0n) is 6.61. The van der Waals surface area contributed by atoms with Gasteiger partial charge < -0.3 is 15.2 Å². The van der Waals surface area contributed by atoms with Crippen LogP contribution in [0, 0.1) is 0 Å². The molecule has 0 aliphatic carbocycles. The van der Waals surface area contributed by atoms with Crippen molar-refractivity contribution in [2.75, 3.05) is 13.2 Å². The van der Waals surface area contributed by atoms with Crippen LogP contribution < -0.4 is 5.73 Å². The van der Waals surface area contributed by atoms with Gasteiger partial charge in [-0.05, 0) is 0 Å². The average Bonchev–Trinajstić information content (AvgIpc) is 2.09. The maximum Gasteiger partial charge on any atom is 0.293 e. The molecule has 3 atom stereocenters. The molecule has 0 amide bonds. The van der Waals surface area contributed by atoms with Crippen LogP contribution in [0.5, 0.6) is 0 Å². The molecule has 1 fully saturated rings. The van der Waals surface area contributed by atoms with Crippen LogP contribution in [0.2, 0.25) is 0 Å². The Kier molecular flexibility index (Phi) is 3.43. The van der Waals surface area contributed by atoms with Crippen LogP contribution in [0.1, 0.15) is 6.42 Å². The number of nitrogens with two attached hydrogens (primary N) is 1. The molecule has 0 aromatic heterocycles. The van der Waals surface area contributed by atoms with Crippen LogP contribution in [0.25, 0.3) is 0 Å². The van der Waals surface area contributed by atoms with Crippen molar-refractivity contribution < 1.29 is 18.7 Å². The fourth-order valence-corrected chi connectivity index (χ4v) is 1.26. The van der Waals surface area contributed by atoms with E-state index in [0.717, 1.165) is 0 Å². The molecule has 0 radical (unpaired) electrons. The zero-order chi connectivity index (χ0) is 8.97. The molecule has 0 aromatic rings. The molecule has 12 heavy (non-hydrogen) atoms. The molecule has 5 heteroatoms. The predicted octanol–water partition coefficient (Wildman–Crippen LogP) is -0.386. The Morgan fingerprint density at radius 3 is 3.08 bits per heavy atom. The number of hydrogen-bond acceptors (Lipinski definition) is 4. The van der Waals surface area contributed by atoms with Crippen molar-refractivity contribution in [3.63, 3.8) is 0 Å². The molecule has 1 heterocycles. The Labute approximate surface area is 69.8 Å². The van der Waals surface area contributed by atoms with E-state index in [1.165, 1.54) is 0 Å². The zero-order valence-corrected chi connectivity index (χ0v) is 6.61. The maximum absolute atomic E-state index is 13.1. The summed E-state index contributed by atoms with van der Waals surface area (Å²) in [5.74, 6) is 0. The number of hydrogen-bond donors (Lipinski definition) is 1. The van der Waals surface area contributed by atoms with Crippen molar-refractivity contribution >= 4 is 6.47 Å². The maximum atomic E-state index is 13.1. The lowest BCUT2D eigenvalue weighted by molar-refractivity contribution is -0.158. The molecule has 0 aromatic carbocycles. The van der Waals surface area contributed by atoms with Crippen molar-refractivity contribution in [2.24, 2.45) is 5.73 Å². The van der Waals surface area contributed by atoms with E-state index in [1.807, 2.05) is 0 Å². The van der Waals surface area contributed by atoms with Gasteiger partial charge in [0, 0.05) is 13.0 Å². The summed E-state index contributed by atoms with van der Waals surface area (Å²) in [5.41, 5.74) is 5.30. The van der Waals surface area contributed by atoms with Gasteiger partial charge >= 0.3 is 0 Å². The molecule has 1 aliphatic rings. The first-order valence-electron chi connectivity index (χ1n) is 3.84. The lowest BCUT2D eigenvalue weighted by atomic mass is 10.0. The third-order valence-corrected chi connectivity index (χ3v) is 1.89. The molecule has 70 valence electrons. The van der Waals surface area contributed by atoms with E-state index in [-0.39, 0.29) is 19.4 Å². The van der Waals surface area contributed by atoms with Crippen LogP contribution in [-0.4, -0.2) is 38.0 Å². The van der Waals surface area contributed by atoms with E-state index in [9.17, 15) is 9.18 Å². The van der Waals surface area contributed by atoms with Crippen LogP contribution >= 0.6 is 0 Å². The number of carbonyl (C=O) groups excluding carboxylic acids is 1. The molecular formula is C7H12FNO3. The molecule has 2 N–H and O–H groups in total. The van der Waals surface area contributed by atoms with Crippen molar-refractivity contribution in [3.8, 4) is 0 Å². The van der Waals surface area contributed by atoms with Gasteiger partial charge in [-0.3, -0.25) is 4.79 Å². The fourth-order valence-electron chi connectivity index (χ4n) is 1.26. The average molecular weight is 177 g/mol. The Bertz CT molecular complexity index is 156. The highest BCUT2D eigenvalue weighted by molar-refractivity contribution is 5.37. The third kappa shape index (κ3) is 1.92. The van der Waals surface area contributed by atoms with Gasteiger partial charge in [-0.1, -0.05) is 0 Å². The molecule has 0 spiro atoms. The Morgan fingerprint density at radius 1 is 1.75 bits per heavy atom. The summed E-state index contributed by atoms with van der Waals surface area (Å²) in [5, 5.41) is 0. The van der Waals surface area contributed by atoms with Crippen molar-refractivity contribution in [1.82, 2.24) is 0 Å². The summed E-state index contributed by atoms with van der Waals surface area (Å²) in [4.78, 5) is 9.99. The number of rotatable bonds is 3. The summed E-state index contributed by atoms with van der Waals surface area (Å²) >= 11 is 0. The van der Waals surface area contributed by atoms with Gasteiger partial charge in [0.05, 0.1) is 6.61 Å². The van der Waals surface area contributed by atoms with Crippen LogP contribution in [0.15, 0.2) is 0 Å². The Hall–Kier alpha value is -0.680. The summed E-state index contributed by atoms with van der Waals surface area (Å²) in [6, 6.07) is 0. The second-order valence-corrected chi connectivity index (χ2v) is 2.65. The Morgan fingerprint density at radius 2 is 2.50 bits per heavy atom. The topological polar surface area (TPSA) is 61.6 Å². The van der Waals surface area contributed by atoms with Gasteiger partial charge in [0.25, 0.3) is 6.47 Å². The minimum absolute atomic E-state index is 0.166. The van der Waals surface area contributed by atoms with Gasteiger partial charge in [-0.15, -0.1) is 0 Å². The van der Waals surface area contributed by atoms with Gasteiger partial charge in [-0.25, -0.2) is 4.39 Å². The SMILES string of the molecule is NCC1OCCC(F)C1OC=O. The van der Waals surface area contributed by atoms with E-state index in [0.29, 0.717) is 6.61 Å². The largest absolute Gasteiger partial charge is 0.459 e. The molecule has 1 aliphatic heterocycles. The standard InChI is InChI=1S/C7H12FNO3/c8-5-1-2-11-6(3-9)7(5)12-4-10/h4-7H,1-3,9H2. The van der Waals surface area contributed by atoms with Gasteiger partial charge in [0.1, 0.15) is 12.3 Å². The number of ether oxygens (including phenoxy) is 2. The van der Waals surface area contributed by atoms with Crippen molar-refractivity contribution in [3.05, 3.63) is 0 Å². The van der Waals surface area contributed by atoms with Crippen molar-refractivity contribution in [1.29, 1.82) is 0 Å². The summed E-state index contributed by atoms with van der Waals surface area (Å²) in [6.45, 7) is 0.731. The molecule has 1 rings (SSSR count). The number of halogens is 1. The molecule has 1 saturated heterocycles. The van der Waals surface area contributed by atoms with Gasteiger partial charge in [-0.2, -0.15) is 0 Å². The van der Waals surface area contributed by atoms with E-state index >= 15 is 0 Å². The minimum Gasteiger partial charge on any atom is -0.459 e. The van der Waals surface area contributed by atoms with E-state index in [2.05, 4.69) is 4.74 Å². The van der Waals surface area contributed by atoms with Crippen LogP contribution in [0.4, 0.5) is 4.39 Å². The van der Waals surface area contributed by atoms with Crippen LogP contribution in [0.3, 0.4) is 0 Å². The minimum atomic E-state index is -1.16. The lowest BCUT2D eigenvalue weighted by Crippen LogP contribution is -2.47. The van der Waals surface area contributed by atoms with E-state index < -0.39 is 18.4 Å². The monoisotopic (exact) mass is 177 g/mol. The van der Waals surface area contributed by atoms with Gasteiger partial charge in [0.15, 0.2) is 6.10 Å². The third-order valence-electron chi connectivity index (χ3n) is 1.89. The summed E-state index contributed by atoms with van der Waals surface area (Å²) < 4.78 is 22.7. The molecule has 0 bridgehead atoms. The van der Waals surface area contributed by atoms with Gasteiger partial charge in [0.2, 0.25) is 0 Å². The van der Waals surface area contributed by atoms with E-state index in [4.69, 9.17) is 10.5 Å². The highest BCUT2D eigenvalue weighted by Crippen LogP contribution is 2.19. The lowest BCUT2D eigenvalue weighted by Gasteiger charge is -2.31. The first-order valence-corrected chi connectivity index (χ1v) is 3.84. The highest BCUT2D eigenvalue weighted by atomic mass is 19.1. The van der Waals surface area contributed by atoms with Crippen LogP contribution in [-0.2, 0) is 14.3 Å². The van der Waals surface area contributed by atoms with Crippen molar-refractivity contribution in [2.45, 2.75) is 24.8 Å². The normalized spacial score (nSPS) is 36.0.